The van der Waals surface area contributed by atoms with Crippen molar-refractivity contribution in [2.75, 3.05) is 18.1 Å². The van der Waals surface area contributed by atoms with Crippen molar-refractivity contribution >= 4 is 17.2 Å². The van der Waals surface area contributed by atoms with Gasteiger partial charge in [0, 0.05) is 19.3 Å². The highest BCUT2D eigenvalue weighted by molar-refractivity contribution is 7.07. The molecule has 0 fully saturated rings. The number of hydrogen-bond donors (Lipinski definition) is 1. The largest absolute Gasteiger partial charge is 0.395 e. The van der Waals surface area contributed by atoms with Gasteiger partial charge in [-0.15, -0.1) is 0 Å². The van der Waals surface area contributed by atoms with Crippen molar-refractivity contribution in [3.8, 4) is 0 Å². The van der Waals surface area contributed by atoms with Gasteiger partial charge < -0.3 is 10.0 Å². The monoisotopic (exact) mass is 252 g/mol. The Morgan fingerprint density at radius 2 is 2.29 bits per heavy atom. The first-order valence-electron chi connectivity index (χ1n) is 5.28. The van der Waals surface area contributed by atoms with Crippen LogP contribution in [0.1, 0.15) is 5.56 Å². The van der Waals surface area contributed by atoms with Crippen LogP contribution in [0.25, 0.3) is 0 Å². The van der Waals surface area contributed by atoms with E-state index in [4.69, 9.17) is 5.11 Å². The van der Waals surface area contributed by atoms with Gasteiger partial charge in [-0.1, -0.05) is 0 Å². The molecule has 0 aliphatic rings. The van der Waals surface area contributed by atoms with E-state index in [-0.39, 0.29) is 18.2 Å². The van der Waals surface area contributed by atoms with Gasteiger partial charge in [0.15, 0.2) is 11.6 Å². The van der Waals surface area contributed by atoms with E-state index < -0.39 is 0 Å². The second kappa shape index (κ2) is 5.75. The van der Waals surface area contributed by atoms with Crippen LogP contribution in [0.15, 0.2) is 35.2 Å². The molecule has 0 radical (unpaired) electrons. The number of thiophene rings is 1. The quantitative estimate of drug-likeness (QED) is 0.887. The van der Waals surface area contributed by atoms with Crippen LogP contribution in [-0.2, 0) is 6.54 Å². The Hall–Kier alpha value is -1.46. The molecule has 0 aliphatic heterocycles. The average Bonchev–Trinajstić information content (AvgIpc) is 2.82. The number of hydrogen-bond acceptors (Lipinski definition) is 4. The van der Waals surface area contributed by atoms with Crippen molar-refractivity contribution in [3.05, 3.63) is 46.5 Å². The number of nitrogens with zero attached hydrogens (tertiary/aromatic N) is 2. The second-order valence-electron chi connectivity index (χ2n) is 3.59. The Bertz CT molecular complexity index is 461. The molecule has 5 heteroatoms. The molecule has 17 heavy (non-hydrogen) atoms. The third-order valence-corrected chi connectivity index (χ3v) is 3.09. The summed E-state index contributed by atoms with van der Waals surface area (Å²) in [5.41, 5.74) is 1.09. The van der Waals surface area contributed by atoms with E-state index in [0.29, 0.717) is 13.1 Å². The van der Waals surface area contributed by atoms with Crippen LogP contribution in [0.5, 0.6) is 0 Å². The summed E-state index contributed by atoms with van der Waals surface area (Å²) in [6.07, 6.45) is 1.55. The van der Waals surface area contributed by atoms with Gasteiger partial charge in [-0.3, -0.25) is 0 Å². The van der Waals surface area contributed by atoms with Crippen molar-refractivity contribution in [2.45, 2.75) is 6.54 Å². The summed E-state index contributed by atoms with van der Waals surface area (Å²) in [6, 6.07) is 4.91. The van der Waals surface area contributed by atoms with Crippen LogP contribution < -0.4 is 4.90 Å². The fourth-order valence-electron chi connectivity index (χ4n) is 1.59. The van der Waals surface area contributed by atoms with E-state index in [0.717, 1.165) is 5.56 Å². The minimum absolute atomic E-state index is 0.0276. The summed E-state index contributed by atoms with van der Waals surface area (Å²) >= 11 is 1.60. The lowest BCUT2D eigenvalue weighted by Crippen LogP contribution is -2.27. The highest BCUT2D eigenvalue weighted by Gasteiger charge is 2.12. The third-order valence-electron chi connectivity index (χ3n) is 2.36. The summed E-state index contributed by atoms with van der Waals surface area (Å²) in [5, 5.41) is 13.0. The molecule has 0 aliphatic carbocycles. The lowest BCUT2D eigenvalue weighted by Gasteiger charge is -2.22. The van der Waals surface area contributed by atoms with Gasteiger partial charge in [-0.2, -0.15) is 11.3 Å². The van der Waals surface area contributed by atoms with E-state index in [1.165, 1.54) is 6.07 Å². The molecular weight excluding hydrogens is 239 g/mol. The predicted octanol–water partition coefficient (Wildman–Crippen LogP) is 2.28. The van der Waals surface area contributed by atoms with Crippen LogP contribution in [0.2, 0.25) is 0 Å². The van der Waals surface area contributed by atoms with Crippen LogP contribution >= 0.6 is 11.3 Å². The first kappa shape index (κ1) is 12.0. The van der Waals surface area contributed by atoms with E-state index in [1.54, 1.807) is 28.5 Å². The van der Waals surface area contributed by atoms with E-state index in [1.807, 2.05) is 16.8 Å². The second-order valence-corrected chi connectivity index (χ2v) is 4.37. The number of anilines is 1. The lowest BCUT2D eigenvalue weighted by atomic mass is 10.3. The van der Waals surface area contributed by atoms with Gasteiger partial charge in [-0.25, -0.2) is 9.37 Å². The van der Waals surface area contributed by atoms with Crippen molar-refractivity contribution in [3.63, 3.8) is 0 Å². The molecule has 0 amide bonds. The molecule has 0 spiro atoms. The minimum atomic E-state index is -0.365. The fourth-order valence-corrected chi connectivity index (χ4v) is 2.25. The summed E-state index contributed by atoms with van der Waals surface area (Å²) in [6.45, 7) is 0.891. The van der Waals surface area contributed by atoms with Crippen molar-refractivity contribution in [1.82, 2.24) is 4.98 Å². The summed E-state index contributed by atoms with van der Waals surface area (Å²) in [5.74, 6) is -0.0797. The molecule has 0 bridgehead atoms. The first-order chi connectivity index (χ1) is 8.31. The zero-order chi connectivity index (χ0) is 12.1. The standard InChI is InChI=1S/C12H13FN2OS/c13-11-2-1-4-14-12(11)15(5-6-16)8-10-3-7-17-9-10/h1-4,7,9,16H,5-6,8H2. The molecule has 0 atom stereocenters. The van der Waals surface area contributed by atoms with Crippen molar-refractivity contribution in [1.29, 1.82) is 0 Å². The van der Waals surface area contributed by atoms with Gasteiger partial charge in [0.05, 0.1) is 6.61 Å². The summed E-state index contributed by atoms with van der Waals surface area (Å²) in [7, 11) is 0. The number of pyridine rings is 1. The molecule has 2 aromatic rings. The maximum absolute atomic E-state index is 13.6. The summed E-state index contributed by atoms with van der Waals surface area (Å²) in [4.78, 5) is 5.75. The number of halogens is 1. The maximum atomic E-state index is 13.6. The molecular formula is C12H13FN2OS. The maximum Gasteiger partial charge on any atom is 0.165 e. The highest BCUT2D eigenvalue weighted by atomic mass is 32.1. The molecule has 2 heterocycles. The molecule has 0 unspecified atom stereocenters. The van der Waals surface area contributed by atoms with Gasteiger partial charge in [0.1, 0.15) is 0 Å². The minimum Gasteiger partial charge on any atom is -0.395 e. The van der Waals surface area contributed by atoms with E-state index in [9.17, 15) is 4.39 Å². The van der Waals surface area contributed by atoms with Gasteiger partial charge in [0.25, 0.3) is 0 Å². The predicted molar refractivity (Wildman–Crippen MR) is 66.6 cm³/mol. The molecule has 2 aromatic heterocycles. The number of aliphatic hydroxyl groups excluding tert-OH is 1. The first-order valence-corrected chi connectivity index (χ1v) is 6.23. The number of aliphatic hydroxyl groups is 1. The molecule has 3 nitrogen and oxygen atoms in total. The zero-order valence-electron chi connectivity index (χ0n) is 9.21. The third kappa shape index (κ3) is 3.01. The Morgan fingerprint density at radius 3 is 2.94 bits per heavy atom. The highest BCUT2D eigenvalue weighted by Crippen LogP contribution is 2.18. The Morgan fingerprint density at radius 1 is 1.41 bits per heavy atom. The average molecular weight is 252 g/mol. The molecule has 1 N–H and O–H groups in total. The van der Waals surface area contributed by atoms with Crippen molar-refractivity contribution in [2.24, 2.45) is 0 Å². The Labute approximate surface area is 103 Å². The normalized spacial score (nSPS) is 10.5. The summed E-state index contributed by atoms with van der Waals surface area (Å²) < 4.78 is 13.6. The molecule has 0 saturated heterocycles. The number of aromatic nitrogens is 1. The van der Waals surface area contributed by atoms with Crippen molar-refractivity contribution < 1.29 is 9.50 Å². The Balaban J connectivity index is 2.20. The Kier molecular flexibility index (Phi) is 4.06. The van der Waals surface area contributed by atoms with Crippen LogP contribution in [-0.4, -0.2) is 23.2 Å². The van der Waals surface area contributed by atoms with Gasteiger partial charge in [0.2, 0.25) is 0 Å². The van der Waals surface area contributed by atoms with E-state index >= 15 is 0 Å². The fraction of sp³-hybridized carbons (Fsp3) is 0.250. The molecule has 0 aromatic carbocycles. The zero-order valence-corrected chi connectivity index (χ0v) is 10.0. The van der Waals surface area contributed by atoms with Crippen LogP contribution in [0.3, 0.4) is 0 Å². The molecule has 0 saturated carbocycles. The molecule has 2 rings (SSSR count). The lowest BCUT2D eigenvalue weighted by molar-refractivity contribution is 0.300. The topological polar surface area (TPSA) is 36.4 Å². The SMILES string of the molecule is OCCN(Cc1ccsc1)c1ncccc1F. The number of rotatable bonds is 5. The van der Waals surface area contributed by atoms with Gasteiger partial charge >= 0.3 is 0 Å². The smallest absolute Gasteiger partial charge is 0.165 e. The van der Waals surface area contributed by atoms with Crippen LogP contribution in [0, 0.1) is 5.82 Å². The van der Waals surface area contributed by atoms with Gasteiger partial charge in [-0.05, 0) is 34.5 Å². The van der Waals surface area contributed by atoms with E-state index in [2.05, 4.69) is 4.98 Å². The van der Waals surface area contributed by atoms with Crippen LogP contribution in [0.4, 0.5) is 10.2 Å². The molecule has 90 valence electrons.